The molecule has 0 spiro atoms. The summed E-state index contributed by atoms with van der Waals surface area (Å²) < 4.78 is 0. The van der Waals surface area contributed by atoms with Crippen molar-refractivity contribution in [3.8, 4) is 0 Å². The van der Waals surface area contributed by atoms with Gasteiger partial charge in [-0.2, -0.15) is 0 Å². The van der Waals surface area contributed by atoms with Crippen molar-refractivity contribution < 1.29 is 4.79 Å². The predicted octanol–water partition coefficient (Wildman–Crippen LogP) is 2.09. The van der Waals surface area contributed by atoms with Gasteiger partial charge in [-0.1, -0.05) is 20.3 Å². The van der Waals surface area contributed by atoms with Gasteiger partial charge in [-0.05, 0) is 31.6 Å². The number of amides is 1. The summed E-state index contributed by atoms with van der Waals surface area (Å²) in [6.07, 6.45) is 5.00. The Kier molecular flexibility index (Phi) is 6.34. The van der Waals surface area contributed by atoms with E-state index in [1.165, 1.54) is 25.7 Å². The first-order valence-electron chi connectivity index (χ1n) is 6.04. The Labute approximate surface area is 105 Å². The molecule has 0 aromatic rings. The smallest absolute Gasteiger partial charge is 0.224 e. The number of halogens is 1. The fourth-order valence-corrected chi connectivity index (χ4v) is 2.01. The van der Waals surface area contributed by atoms with Gasteiger partial charge in [0.15, 0.2) is 0 Å². The molecule has 2 atom stereocenters. The number of hydrogen-bond donors (Lipinski definition) is 2. The van der Waals surface area contributed by atoms with Gasteiger partial charge in [0.1, 0.15) is 0 Å². The second-order valence-corrected chi connectivity index (χ2v) is 5.07. The van der Waals surface area contributed by atoms with Crippen LogP contribution in [0.3, 0.4) is 0 Å². The minimum absolute atomic E-state index is 0. The molecule has 1 rings (SSSR count). The van der Waals surface area contributed by atoms with Crippen LogP contribution >= 0.6 is 12.4 Å². The molecule has 1 saturated carbocycles. The molecule has 0 aromatic heterocycles. The molecule has 1 fully saturated rings. The quantitative estimate of drug-likeness (QED) is 0.783. The Bertz CT molecular complexity index is 222. The summed E-state index contributed by atoms with van der Waals surface area (Å²) >= 11 is 0. The molecule has 0 aromatic carbocycles. The van der Waals surface area contributed by atoms with Gasteiger partial charge in [0.2, 0.25) is 5.91 Å². The normalized spacial score (nSPS) is 21.2. The molecule has 3 nitrogen and oxygen atoms in total. The number of carbonyl (C=O) groups excluding carboxylic acids is 1. The third-order valence-corrected chi connectivity index (χ3v) is 4.00. The zero-order valence-corrected chi connectivity index (χ0v) is 11.4. The van der Waals surface area contributed by atoms with Crippen LogP contribution in [-0.4, -0.2) is 18.5 Å². The van der Waals surface area contributed by atoms with Gasteiger partial charge < -0.3 is 11.1 Å². The third-order valence-electron chi connectivity index (χ3n) is 4.00. The highest BCUT2D eigenvalue weighted by Gasteiger charge is 2.35. The van der Waals surface area contributed by atoms with E-state index >= 15 is 0 Å². The average Bonchev–Trinajstić information content (AvgIpc) is 2.15. The molecular weight excluding hydrogens is 224 g/mol. The SMILES string of the molecule is CCC1(CNC(=O)C(C)C(C)N)CCC1.Cl. The van der Waals surface area contributed by atoms with Gasteiger partial charge in [-0.3, -0.25) is 4.79 Å². The molecule has 16 heavy (non-hydrogen) atoms. The number of hydrogen-bond acceptors (Lipinski definition) is 2. The maximum absolute atomic E-state index is 11.7. The van der Waals surface area contributed by atoms with Gasteiger partial charge in [-0.25, -0.2) is 0 Å². The van der Waals surface area contributed by atoms with Crippen LogP contribution in [0, 0.1) is 11.3 Å². The molecule has 1 aliphatic rings. The van der Waals surface area contributed by atoms with Gasteiger partial charge in [-0.15, -0.1) is 12.4 Å². The lowest BCUT2D eigenvalue weighted by Crippen LogP contribution is -2.45. The number of rotatable bonds is 5. The third kappa shape index (κ3) is 3.63. The summed E-state index contributed by atoms with van der Waals surface area (Å²) in [5.74, 6) is 0.0173. The van der Waals surface area contributed by atoms with E-state index in [0.717, 1.165) is 6.54 Å². The Morgan fingerprint density at radius 3 is 2.31 bits per heavy atom. The topological polar surface area (TPSA) is 55.1 Å². The highest BCUT2D eigenvalue weighted by atomic mass is 35.5. The second-order valence-electron chi connectivity index (χ2n) is 5.07. The van der Waals surface area contributed by atoms with E-state index < -0.39 is 0 Å². The molecule has 2 unspecified atom stereocenters. The van der Waals surface area contributed by atoms with E-state index in [2.05, 4.69) is 12.2 Å². The zero-order chi connectivity index (χ0) is 11.5. The van der Waals surface area contributed by atoms with Crippen LogP contribution in [0.1, 0.15) is 46.5 Å². The first-order valence-corrected chi connectivity index (χ1v) is 6.04. The minimum Gasteiger partial charge on any atom is -0.355 e. The van der Waals surface area contributed by atoms with Crippen molar-refractivity contribution in [1.29, 1.82) is 0 Å². The van der Waals surface area contributed by atoms with Crippen LogP contribution in [0.15, 0.2) is 0 Å². The molecular formula is C12H25ClN2O. The molecule has 0 bridgehead atoms. The zero-order valence-electron chi connectivity index (χ0n) is 10.6. The van der Waals surface area contributed by atoms with Crippen LogP contribution < -0.4 is 11.1 Å². The number of nitrogens with one attached hydrogen (secondary N) is 1. The molecule has 1 amide bonds. The monoisotopic (exact) mass is 248 g/mol. The summed E-state index contributed by atoms with van der Waals surface area (Å²) in [7, 11) is 0. The standard InChI is InChI=1S/C12H24N2O.ClH/c1-4-12(6-5-7-12)8-14-11(15)9(2)10(3)13;/h9-10H,4-8,13H2,1-3H3,(H,14,15);1H. The number of nitrogens with two attached hydrogens (primary N) is 1. The van der Waals surface area contributed by atoms with E-state index in [0.29, 0.717) is 5.41 Å². The molecule has 4 heteroatoms. The fraction of sp³-hybridized carbons (Fsp3) is 0.917. The highest BCUT2D eigenvalue weighted by molar-refractivity contribution is 5.85. The minimum atomic E-state index is -0.0843. The van der Waals surface area contributed by atoms with Crippen molar-refractivity contribution in [2.24, 2.45) is 17.1 Å². The summed E-state index contributed by atoms with van der Waals surface area (Å²) in [4.78, 5) is 11.7. The summed E-state index contributed by atoms with van der Waals surface area (Å²) in [6, 6.07) is -0.0658. The summed E-state index contributed by atoms with van der Waals surface area (Å²) in [6.45, 7) is 6.81. The maximum Gasteiger partial charge on any atom is 0.224 e. The fourth-order valence-electron chi connectivity index (χ4n) is 2.01. The largest absolute Gasteiger partial charge is 0.355 e. The van der Waals surface area contributed by atoms with Crippen molar-refractivity contribution >= 4 is 18.3 Å². The van der Waals surface area contributed by atoms with E-state index in [9.17, 15) is 4.79 Å². The molecule has 0 heterocycles. The molecule has 1 aliphatic carbocycles. The highest BCUT2D eigenvalue weighted by Crippen LogP contribution is 2.43. The Hall–Kier alpha value is -0.280. The average molecular weight is 249 g/mol. The van der Waals surface area contributed by atoms with Gasteiger partial charge in [0.05, 0.1) is 0 Å². The van der Waals surface area contributed by atoms with E-state index in [-0.39, 0.29) is 30.3 Å². The van der Waals surface area contributed by atoms with Crippen LogP contribution in [0.4, 0.5) is 0 Å². The molecule has 0 aliphatic heterocycles. The lowest BCUT2D eigenvalue weighted by Gasteiger charge is -2.41. The van der Waals surface area contributed by atoms with Gasteiger partial charge >= 0.3 is 0 Å². The van der Waals surface area contributed by atoms with Crippen molar-refractivity contribution in [1.82, 2.24) is 5.32 Å². The van der Waals surface area contributed by atoms with Crippen molar-refractivity contribution in [2.45, 2.75) is 52.5 Å². The van der Waals surface area contributed by atoms with Crippen molar-refractivity contribution in [2.75, 3.05) is 6.54 Å². The maximum atomic E-state index is 11.7. The van der Waals surface area contributed by atoms with E-state index in [1.807, 2.05) is 13.8 Å². The lowest BCUT2D eigenvalue weighted by molar-refractivity contribution is -0.125. The molecule has 0 radical (unpaired) electrons. The van der Waals surface area contributed by atoms with E-state index in [4.69, 9.17) is 5.73 Å². The van der Waals surface area contributed by atoms with Crippen LogP contribution in [-0.2, 0) is 4.79 Å². The first kappa shape index (κ1) is 15.7. The van der Waals surface area contributed by atoms with Gasteiger partial charge in [0, 0.05) is 18.5 Å². The predicted molar refractivity (Wildman–Crippen MR) is 69.6 cm³/mol. The second kappa shape index (κ2) is 6.45. The molecule has 0 saturated heterocycles. The van der Waals surface area contributed by atoms with Crippen LogP contribution in [0.25, 0.3) is 0 Å². The lowest BCUT2D eigenvalue weighted by atomic mass is 9.67. The van der Waals surface area contributed by atoms with Crippen molar-refractivity contribution in [3.63, 3.8) is 0 Å². The Morgan fingerprint density at radius 2 is 2.00 bits per heavy atom. The van der Waals surface area contributed by atoms with E-state index in [1.54, 1.807) is 0 Å². The summed E-state index contributed by atoms with van der Waals surface area (Å²) in [5, 5.41) is 3.04. The Balaban J connectivity index is 0.00000225. The van der Waals surface area contributed by atoms with Crippen LogP contribution in [0.5, 0.6) is 0 Å². The van der Waals surface area contributed by atoms with Gasteiger partial charge in [0.25, 0.3) is 0 Å². The Morgan fingerprint density at radius 1 is 1.44 bits per heavy atom. The van der Waals surface area contributed by atoms with Crippen molar-refractivity contribution in [3.05, 3.63) is 0 Å². The molecule has 96 valence electrons. The first-order chi connectivity index (χ1) is 7.01. The molecule has 3 N–H and O–H groups in total. The summed E-state index contributed by atoms with van der Waals surface area (Å²) in [5.41, 5.74) is 6.09. The number of carbonyl (C=O) groups is 1. The van der Waals surface area contributed by atoms with Crippen LogP contribution in [0.2, 0.25) is 0 Å².